The molecule has 0 heterocycles. The van der Waals surface area contributed by atoms with Crippen LogP contribution >= 0.6 is 15.9 Å². The van der Waals surface area contributed by atoms with Crippen LogP contribution in [0.4, 0.5) is 0 Å². The minimum Gasteiger partial charge on any atom is -0.330 e. The van der Waals surface area contributed by atoms with Gasteiger partial charge in [-0.2, -0.15) is 0 Å². The number of benzene rings is 1. The quantitative estimate of drug-likeness (QED) is 0.873. The van der Waals surface area contributed by atoms with Crippen LogP contribution in [-0.4, -0.2) is 6.54 Å². The summed E-state index contributed by atoms with van der Waals surface area (Å²) in [5.74, 6) is 0. The Hall–Kier alpha value is -0.340. The molecular formula is C13H18BrN. The molecule has 15 heavy (non-hydrogen) atoms. The van der Waals surface area contributed by atoms with Crippen molar-refractivity contribution < 1.29 is 0 Å². The second-order valence-corrected chi connectivity index (χ2v) is 5.65. The van der Waals surface area contributed by atoms with E-state index in [1.165, 1.54) is 40.4 Å². The summed E-state index contributed by atoms with van der Waals surface area (Å²) in [6, 6.07) is 4.44. The van der Waals surface area contributed by atoms with Gasteiger partial charge in [0.2, 0.25) is 0 Å². The highest BCUT2D eigenvalue weighted by molar-refractivity contribution is 9.10. The predicted octanol–water partition coefficient (Wildman–Crippen LogP) is 3.45. The van der Waals surface area contributed by atoms with Gasteiger partial charge < -0.3 is 5.73 Å². The molecule has 0 saturated heterocycles. The molecule has 1 fully saturated rings. The Balaban J connectivity index is 2.51. The van der Waals surface area contributed by atoms with Gasteiger partial charge in [0, 0.05) is 16.4 Å². The van der Waals surface area contributed by atoms with E-state index >= 15 is 0 Å². The lowest BCUT2D eigenvalue weighted by Gasteiger charge is -2.43. The topological polar surface area (TPSA) is 26.0 Å². The van der Waals surface area contributed by atoms with Gasteiger partial charge in [0.15, 0.2) is 0 Å². The van der Waals surface area contributed by atoms with Crippen LogP contribution in [0.5, 0.6) is 0 Å². The highest BCUT2D eigenvalue weighted by atomic mass is 79.9. The third-order valence-corrected chi connectivity index (χ3v) is 4.36. The standard InChI is InChI=1S/C13H18BrN/c1-9-6-11(14)7-12(10(9)2)13(8-15)4-3-5-13/h6-7H,3-5,8,15H2,1-2H3. The number of halogens is 1. The van der Waals surface area contributed by atoms with E-state index in [1.807, 2.05) is 0 Å². The fourth-order valence-corrected chi connectivity index (χ4v) is 3.13. The highest BCUT2D eigenvalue weighted by Crippen LogP contribution is 2.45. The van der Waals surface area contributed by atoms with Gasteiger partial charge >= 0.3 is 0 Å². The molecule has 2 heteroatoms. The third-order valence-electron chi connectivity index (χ3n) is 3.90. The van der Waals surface area contributed by atoms with Crippen LogP contribution in [0.25, 0.3) is 0 Å². The first kappa shape index (κ1) is 11.2. The molecular weight excluding hydrogens is 250 g/mol. The van der Waals surface area contributed by atoms with E-state index in [4.69, 9.17) is 5.73 Å². The molecule has 0 amide bonds. The Labute approximate surface area is 100 Å². The summed E-state index contributed by atoms with van der Waals surface area (Å²) in [7, 11) is 0. The van der Waals surface area contributed by atoms with Crippen LogP contribution in [-0.2, 0) is 5.41 Å². The van der Waals surface area contributed by atoms with Gasteiger partial charge in [0.1, 0.15) is 0 Å². The molecule has 1 aromatic carbocycles. The minimum atomic E-state index is 0.276. The van der Waals surface area contributed by atoms with Crippen molar-refractivity contribution in [2.75, 3.05) is 6.54 Å². The summed E-state index contributed by atoms with van der Waals surface area (Å²) in [6.45, 7) is 5.17. The first-order valence-electron chi connectivity index (χ1n) is 5.56. The molecule has 1 aromatic rings. The van der Waals surface area contributed by atoms with Crippen LogP contribution in [0.2, 0.25) is 0 Å². The largest absolute Gasteiger partial charge is 0.330 e. The summed E-state index contributed by atoms with van der Waals surface area (Å²) < 4.78 is 1.18. The lowest BCUT2D eigenvalue weighted by Crippen LogP contribution is -2.42. The Morgan fingerprint density at radius 1 is 1.33 bits per heavy atom. The second kappa shape index (κ2) is 3.91. The first-order chi connectivity index (χ1) is 7.09. The lowest BCUT2D eigenvalue weighted by atomic mass is 9.63. The average Bonchev–Trinajstić information content (AvgIpc) is 2.12. The maximum atomic E-state index is 5.95. The first-order valence-corrected chi connectivity index (χ1v) is 6.36. The van der Waals surface area contributed by atoms with Crippen molar-refractivity contribution in [3.63, 3.8) is 0 Å². The normalized spacial score (nSPS) is 18.7. The zero-order chi connectivity index (χ0) is 11.1. The average molecular weight is 268 g/mol. The summed E-state index contributed by atoms with van der Waals surface area (Å²) in [5, 5.41) is 0. The molecule has 0 unspecified atom stereocenters. The Kier molecular flexibility index (Phi) is 2.91. The van der Waals surface area contributed by atoms with Gasteiger partial charge in [0.25, 0.3) is 0 Å². The van der Waals surface area contributed by atoms with Crippen molar-refractivity contribution >= 4 is 15.9 Å². The molecule has 0 bridgehead atoms. The number of hydrogen-bond donors (Lipinski definition) is 1. The van der Waals surface area contributed by atoms with E-state index in [0.29, 0.717) is 0 Å². The van der Waals surface area contributed by atoms with Crippen molar-refractivity contribution in [3.8, 4) is 0 Å². The van der Waals surface area contributed by atoms with E-state index in [9.17, 15) is 0 Å². The Bertz CT molecular complexity index is 375. The van der Waals surface area contributed by atoms with E-state index in [2.05, 4.69) is 41.9 Å². The van der Waals surface area contributed by atoms with Crippen LogP contribution in [0, 0.1) is 13.8 Å². The van der Waals surface area contributed by atoms with Crippen molar-refractivity contribution in [2.24, 2.45) is 5.73 Å². The molecule has 2 rings (SSSR count). The minimum absolute atomic E-state index is 0.276. The van der Waals surface area contributed by atoms with Gasteiger partial charge in [-0.3, -0.25) is 0 Å². The number of aryl methyl sites for hydroxylation is 1. The smallest absolute Gasteiger partial charge is 0.0181 e. The molecule has 82 valence electrons. The Morgan fingerprint density at radius 2 is 2.00 bits per heavy atom. The predicted molar refractivity (Wildman–Crippen MR) is 68.2 cm³/mol. The molecule has 0 atom stereocenters. The molecule has 1 aliphatic rings. The van der Waals surface area contributed by atoms with Gasteiger partial charge in [-0.15, -0.1) is 0 Å². The van der Waals surface area contributed by atoms with Crippen molar-refractivity contribution in [1.29, 1.82) is 0 Å². The molecule has 1 saturated carbocycles. The molecule has 0 spiro atoms. The van der Waals surface area contributed by atoms with Gasteiger partial charge in [0.05, 0.1) is 0 Å². The maximum Gasteiger partial charge on any atom is 0.0181 e. The summed E-state index contributed by atoms with van der Waals surface area (Å²) in [6.07, 6.45) is 3.82. The third kappa shape index (κ3) is 1.74. The summed E-state index contributed by atoms with van der Waals surface area (Å²) >= 11 is 3.58. The molecule has 0 aliphatic heterocycles. The van der Waals surface area contributed by atoms with Crippen molar-refractivity contribution in [2.45, 2.75) is 38.5 Å². The SMILES string of the molecule is Cc1cc(Br)cc(C2(CN)CCC2)c1C. The lowest BCUT2D eigenvalue weighted by molar-refractivity contribution is 0.251. The van der Waals surface area contributed by atoms with Gasteiger partial charge in [-0.25, -0.2) is 0 Å². The monoisotopic (exact) mass is 267 g/mol. The van der Waals surface area contributed by atoms with E-state index in [0.717, 1.165) is 6.54 Å². The zero-order valence-corrected chi connectivity index (χ0v) is 11.0. The molecule has 1 nitrogen and oxygen atoms in total. The molecule has 0 aromatic heterocycles. The highest BCUT2D eigenvalue weighted by Gasteiger charge is 2.38. The summed E-state index contributed by atoms with van der Waals surface area (Å²) in [5.41, 5.74) is 10.5. The number of nitrogens with two attached hydrogens (primary N) is 1. The molecule has 1 aliphatic carbocycles. The van der Waals surface area contributed by atoms with E-state index in [-0.39, 0.29) is 5.41 Å². The van der Waals surface area contributed by atoms with Crippen LogP contribution < -0.4 is 5.73 Å². The number of rotatable bonds is 2. The van der Waals surface area contributed by atoms with E-state index in [1.54, 1.807) is 0 Å². The van der Waals surface area contributed by atoms with Gasteiger partial charge in [-0.05, 0) is 55.5 Å². The van der Waals surface area contributed by atoms with Crippen molar-refractivity contribution in [3.05, 3.63) is 33.3 Å². The Morgan fingerprint density at radius 3 is 2.47 bits per heavy atom. The zero-order valence-electron chi connectivity index (χ0n) is 9.44. The van der Waals surface area contributed by atoms with Crippen LogP contribution in [0.1, 0.15) is 36.0 Å². The fraction of sp³-hybridized carbons (Fsp3) is 0.538. The van der Waals surface area contributed by atoms with Crippen LogP contribution in [0.3, 0.4) is 0 Å². The fourth-order valence-electron chi connectivity index (χ4n) is 2.55. The van der Waals surface area contributed by atoms with Crippen molar-refractivity contribution in [1.82, 2.24) is 0 Å². The van der Waals surface area contributed by atoms with E-state index < -0.39 is 0 Å². The number of hydrogen-bond acceptors (Lipinski definition) is 1. The van der Waals surface area contributed by atoms with Crippen LogP contribution in [0.15, 0.2) is 16.6 Å². The second-order valence-electron chi connectivity index (χ2n) is 4.73. The van der Waals surface area contributed by atoms with Gasteiger partial charge in [-0.1, -0.05) is 22.4 Å². The molecule has 0 radical (unpaired) electrons. The maximum absolute atomic E-state index is 5.95. The summed E-state index contributed by atoms with van der Waals surface area (Å²) in [4.78, 5) is 0. The molecule has 2 N–H and O–H groups in total.